The average molecular weight is 371 g/mol. The highest BCUT2D eigenvalue weighted by molar-refractivity contribution is 7.92. The van der Waals surface area contributed by atoms with Gasteiger partial charge in [0.15, 0.2) is 0 Å². The Morgan fingerprint density at radius 2 is 1.69 bits per heavy atom. The minimum Gasteiger partial charge on any atom is -0.497 e. The van der Waals surface area contributed by atoms with Crippen molar-refractivity contribution in [1.82, 2.24) is 9.78 Å². The highest BCUT2D eigenvalue weighted by Crippen LogP contribution is 2.20. The van der Waals surface area contributed by atoms with E-state index in [2.05, 4.69) is 9.82 Å². The quantitative estimate of drug-likeness (QED) is 0.721. The Hall–Kier alpha value is -2.80. The average Bonchev–Trinajstić information content (AvgIpc) is 2.93. The number of aromatic nitrogens is 2. The van der Waals surface area contributed by atoms with Crippen LogP contribution in [-0.2, 0) is 16.6 Å². The molecule has 3 rings (SSSR count). The zero-order valence-corrected chi connectivity index (χ0v) is 15.7. The molecule has 0 radical (unpaired) electrons. The molecule has 7 heteroatoms. The van der Waals surface area contributed by atoms with Crippen LogP contribution in [0.5, 0.6) is 5.75 Å². The first-order chi connectivity index (χ1) is 12.4. The van der Waals surface area contributed by atoms with Crippen molar-refractivity contribution >= 4 is 15.7 Å². The van der Waals surface area contributed by atoms with Crippen molar-refractivity contribution in [3.8, 4) is 5.75 Å². The Kier molecular flexibility index (Phi) is 4.99. The van der Waals surface area contributed by atoms with Crippen LogP contribution in [0.4, 0.5) is 5.69 Å². The molecule has 1 aromatic heterocycles. The van der Waals surface area contributed by atoms with Crippen molar-refractivity contribution in [2.45, 2.75) is 25.3 Å². The van der Waals surface area contributed by atoms with E-state index in [0.717, 1.165) is 17.0 Å². The molecule has 0 aliphatic rings. The van der Waals surface area contributed by atoms with Gasteiger partial charge in [-0.25, -0.2) is 8.42 Å². The van der Waals surface area contributed by atoms with Crippen LogP contribution in [0, 0.1) is 13.8 Å². The first-order valence-electron chi connectivity index (χ1n) is 8.14. The number of ether oxygens (including phenoxy) is 1. The lowest BCUT2D eigenvalue weighted by Gasteiger charge is -2.10. The van der Waals surface area contributed by atoms with E-state index >= 15 is 0 Å². The number of anilines is 1. The van der Waals surface area contributed by atoms with Crippen molar-refractivity contribution in [2.75, 3.05) is 11.8 Å². The van der Waals surface area contributed by atoms with Crippen LogP contribution in [0.15, 0.2) is 59.5 Å². The predicted octanol–water partition coefficient (Wildman–Crippen LogP) is 3.36. The third kappa shape index (κ3) is 4.05. The fourth-order valence-electron chi connectivity index (χ4n) is 2.66. The number of hydrogen-bond acceptors (Lipinski definition) is 4. The zero-order valence-electron chi connectivity index (χ0n) is 14.9. The van der Waals surface area contributed by atoms with E-state index in [4.69, 9.17) is 4.74 Å². The molecule has 0 unspecified atom stereocenters. The van der Waals surface area contributed by atoms with E-state index < -0.39 is 10.0 Å². The molecule has 3 aromatic rings. The molecule has 1 heterocycles. The summed E-state index contributed by atoms with van der Waals surface area (Å²) in [6, 6.07) is 15.6. The smallest absolute Gasteiger partial charge is 0.261 e. The van der Waals surface area contributed by atoms with Gasteiger partial charge in [-0.2, -0.15) is 5.10 Å². The zero-order chi connectivity index (χ0) is 18.7. The largest absolute Gasteiger partial charge is 0.497 e. The molecule has 0 bridgehead atoms. The van der Waals surface area contributed by atoms with Gasteiger partial charge in [-0.15, -0.1) is 0 Å². The van der Waals surface area contributed by atoms with Crippen molar-refractivity contribution < 1.29 is 13.2 Å². The maximum atomic E-state index is 12.5. The summed E-state index contributed by atoms with van der Waals surface area (Å²) < 4.78 is 34.5. The third-order valence-electron chi connectivity index (χ3n) is 4.01. The minimum atomic E-state index is -3.64. The lowest BCUT2D eigenvalue weighted by atomic mass is 10.2. The molecular weight excluding hydrogens is 350 g/mol. The van der Waals surface area contributed by atoms with Gasteiger partial charge in [0.25, 0.3) is 10.0 Å². The molecule has 0 fully saturated rings. The summed E-state index contributed by atoms with van der Waals surface area (Å²) in [5, 5.41) is 4.44. The van der Waals surface area contributed by atoms with E-state index in [1.54, 1.807) is 24.3 Å². The molecule has 0 amide bonds. The van der Waals surface area contributed by atoms with Crippen LogP contribution < -0.4 is 9.46 Å². The van der Waals surface area contributed by atoms with Gasteiger partial charge in [0, 0.05) is 11.4 Å². The Morgan fingerprint density at radius 3 is 2.23 bits per heavy atom. The first kappa shape index (κ1) is 18.0. The molecule has 0 saturated carbocycles. The number of nitrogens with one attached hydrogen (secondary N) is 1. The van der Waals surface area contributed by atoms with Crippen molar-refractivity contribution in [3.63, 3.8) is 0 Å². The van der Waals surface area contributed by atoms with E-state index in [1.165, 1.54) is 19.2 Å². The van der Waals surface area contributed by atoms with Gasteiger partial charge in [-0.1, -0.05) is 12.1 Å². The molecule has 0 spiro atoms. The highest BCUT2D eigenvalue weighted by atomic mass is 32.2. The SMILES string of the molecule is COc1ccc(S(=O)(=O)Nc2ccc(Cn3nc(C)cc3C)cc2)cc1. The first-order valence-corrected chi connectivity index (χ1v) is 9.62. The van der Waals surface area contributed by atoms with Crippen LogP contribution in [-0.4, -0.2) is 25.3 Å². The number of hydrogen-bond donors (Lipinski definition) is 1. The second kappa shape index (κ2) is 7.21. The molecule has 0 atom stereocenters. The highest BCUT2D eigenvalue weighted by Gasteiger charge is 2.14. The maximum Gasteiger partial charge on any atom is 0.261 e. The number of benzene rings is 2. The van der Waals surface area contributed by atoms with Crippen molar-refractivity contribution in [3.05, 3.63) is 71.5 Å². The third-order valence-corrected chi connectivity index (χ3v) is 5.41. The second-order valence-electron chi connectivity index (χ2n) is 6.06. The monoisotopic (exact) mass is 371 g/mol. The van der Waals surface area contributed by atoms with Gasteiger partial charge < -0.3 is 4.74 Å². The van der Waals surface area contributed by atoms with E-state index in [0.29, 0.717) is 18.0 Å². The number of aryl methyl sites for hydroxylation is 2. The summed E-state index contributed by atoms with van der Waals surface area (Å²) in [5.41, 5.74) is 3.62. The molecule has 6 nitrogen and oxygen atoms in total. The van der Waals surface area contributed by atoms with Gasteiger partial charge in [0.05, 0.1) is 24.2 Å². The summed E-state index contributed by atoms with van der Waals surface area (Å²) in [6.07, 6.45) is 0. The standard InChI is InChI=1S/C19H21N3O3S/c1-14-12-15(2)22(20-14)13-16-4-6-17(7-5-16)21-26(23,24)19-10-8-18(25-3)9-11-19/h4-12,21H,13H2,1-3H3. The minimum absolute atomic E-state index is 0.185. The molecule has 2 aromatic carbocycles. The molecule has 1 N–H and O–H groups in total. The van der Waals surface area contributed by atoms with E-state index in [-0.39, 0.29) is 4.90 Å². The maximum absolute atomic E-state index is 12.5. The van der Waals surface area contributed by atoms with Crippen LogP contribution in [0.1, 0.15) is 17.0 Å². The van der Waals surface area contributed by atoms with Gasteiger partial charge in [0.2, 0.25) is 0 Å². The number of sulfonamides is 1. The fourth-order valence-corrected chi connectivity index (χ4v) is 3.71. The lowest BCUT2D eigenvalue weighted by Crippen LogP contribution is -2.13. The van der Waals surface area contributed by atoms with Crippen molar-refractivity contribution in [2.24, 2.45) is 0 Å². The number of methoxy groups -OCH3 is 1. The van der Waals surface area contributed by atoms with Crippen LogP contribution in [0.2, 0.25) is 0 Å². The Bertz CT molecular complexity index is 992. The number of rotatable bonds is 6. The molecule has 0 saturated heterocycles. The summed E-state index contributed by atoms with van der Waals surface area (Å²) in [6.45, 7) is 4.61. The summed E-state index contributed by atoms with van der Waals surface area (Å²) in [7, 11) is -2.10. The van der Waals surface area contributed by atoms with E-state index in [9.17, 15) is 8.42 Å². The lowest BCUT2D eigenvalue weighted by molar-refractivity contribution is 0.414. The van der Waals surface area contributed by atoms with Gasteiger partial charge >= 0.3 is 0 Å². The molecule has 0 aliphatic heterocycles. The fraction of sp³-hybridized carbons (Fsp3) is 0.211. The molecule has 26 heavy (non-hydrogen) atoms. The predicted molar refractivity (Wildman–Crippen MR) is 101 cm³/mol. The number of nitrogens with zero attached hydrogens (tertiary/aromatic N) is 2. The summed E-state index contributed by atoms with van der Waals surface area (Å²) in [4.78, 5) is 0.185. The van der Waals surface area contributed by atoms with Gasteiger partial charge in [0.1, 0.15) is 5.75 Å². The van der Waals surface area contributed by atoms with Crippen molar-refractivity contribution in [1.29, 1.82) is 0 Å². The molecule has 136 valence electrons. The topological polar surface area (TPSA) is 73.2 Å². The summed E-state index contributed by atoms with van der Waals surface area (Å²) in [5.74, 6) is 0.609. The van der Waals surface area contributed by atoms with Gasteiger partial charge in [-0.05, 0) is 61.9 Å². The van der Waals surface area contributed by atoms with Crippen LogP contribution in [0.25, 0.3) is 0 Å². The summed E-state index contributed by atoms with van der Waals surface area (Å²) >= 11 is 0. The second-order valence-corrected chi connectivity index (χ2v) is 7.75. The molecular formula is C19H21N3O3S. The Labute approximate surface area is 153 Å². The van der Waals surface area contributed by atoms with Crippen LogP contribution >= 0.6 is 0 Å². The molecule has 0 aliphatic carbocycles. The normalized spacial score (nSPS) is 11.3. The Balaban J connectivity index is 1.72. The van der Waals surface area contributed by atoms with Gasteiger partial charge in [-0.3, -0.25) is 9.40 Å². The van der Waals surface area contributed by atoms with E-state index in [1.807, 2.05) is 36.7 Å². The van der Waals surface area contributed by atoms with Crippen LogP contribution in [0.3, 0.4) is 0 Å². The Morgan fingerprint density at radius 1 is 1.04 bits per heavy atom.